The predicted molar refractivity (Wildman–Crippen MR) is 77.4 cm³/mol. The average Bonchev–Trinajstić information content (AvgIpc) is 3.00. The van der Waals surface area contributed by atoms with Crippen molar-refractivity contribution in [2.75, 3.05) is 11.6 Å². The first-order valence-corrected chi connectivity index (χ1v) is 7.93. The lowest BCUT2D eigenvalue weighted by Crippen LogP contribution is -2.13. The summed E-state index contributed by atoms with van der Waals surface area (Å²) in [6, 6.07) is 2.06. The van der Waals surface area contributed by atoms with Gasteiger partial charge in [0.25, 0.3) is 0 Å². The highest BCUT2D eigenvalue weighted by atomic mass is 35.5. The van der Waals surface area contributed by atoms with Gasteiger partial charge in [-0.3, -0.25) is 4.98 Å². The summed E-state index contributed by atoms with van der Waals surface area (Å²) in [7, 11) is 0. The number of nitrogens with zero attached hydrogens (tertiary/aromatic N) is 3. The highest BCUT2D eigenvalue weighted by Gasteiger charge is 2.19. The molecule has 1 atom stereocenters. The van der Waals surface area contributed by atoms with E-state index in [9.17, 15) is 0 Å². The van der Waals surface area contributed by atoms with Crippen LogP contribution in [0.1, 0.15) is 18.7 Å². The molecule has 0 amide bonds. The molecule has 1 aliphatic rings. The van der Waals surface area contributed by atoms with Crippen LogP contribution >= 0.6 is 23.4 Å². The molecule has 3 rings (SSSR count). The molecule has 2 aromatic heterocycles. The molecule has 0 aliphatic carbocycles. The molecular weight excluding hydrogens is 266 g/mol. The molecule has 3 heterocycles. The van der Waals surface area contributed by atoms with E-state index >= 15 is 0 Å². The summed E-state index contributed by atoms with van der Waals surface area (Å²) >= 11 is 7.96. The van der Waals surface area contributed by atoms with Crippen molar-refractivity contribution in [3.63, 3.8) is 0 Å². The first-order valence-electron chi connectivity index (χ1n) is 6.35. The van der Waals surface area contributed by atoms with Gasteiger partial charge in [0.15, 0.2) is 0 Å². The second kappa shape index (κ2) is 5.49. The van der Waals surface area contributed by atoms with Gasteiger partial charge in [-0.1, -0.05) is 0 Å². The van der Waals surface area contributed by atoms with Crippen molar-refractivity contribution in [2.24, 2.45) is 0 Å². The summed E-state index contributed by atoms with van der Waals surface area (Å²) < 4.78 is 2.34. The number of alkyl halides is 1. The minimum absolute atomic E-state index is 0.620. The van der Waals surface area contributed by atoms with Crippen LogP contribution in [-0.4, -0.2) is 31.4 Å². The normalized spacial score (nSPS) is 19.7. The summed E-state index contributed by atoms with van der Waals surface area (Å²) in [5.74, 6) is 3.01. The Bertz CT molecular complexity index is 534. The summed E-state index contributed by atoms with van der Waals surface area (Å²) in [6.07, 6.45) is 7.16. The van der Waals surface area contributed by atoms with Crippen molar-refractivity contribution < 1.29 is 0 Å². The number of hydrogen-bond acceptors (Lipinski definition) is 3. The van der Waals surface area contributed by atoms with Gasteiger partial charge in [-0.05, 0) is 24.7 Å². The number of thioether (sulfide) groups is 1. The average molecular weight is 282 g/mol. The van der Waals surface area contributed by atoms with E-state index in [4.69, 9.17) is 11.6 Å². The fourth-order valence-corrected chi connectivity index (χ4v) is 3.93. The topological polar surface area (TPSA) is 30.7 Å². The summed E-state index contributed by atoms with van der Waals surface area (Å²) in [4.78, 5) is 8.80. The quantitative estimate of drug-likeness (QED) is 0.807. The van der Waals surface area contributed by atoms with Crippen LogP contribution in [0.15, 0.2) is 18.5 Å². The maximum Gasteiger partial charge on any atom is 0.111 e. The van der Waals surface area contributed by atoms with Crippen molar-refractivity contribution in [2.45, 2.75) is 31.1 Å². The van der Waals surface area contributed by atoms with Crippen molar-refractivity contribution in [1.82, 2.24) is 14.5 Å². The third-order valence-corrected chi connectivity index (χ3v) is 4.93. The number of imidazole rings is 1. The van der Waals surface area contributed by atoms with E-state index in [1.807, 2.05) is 12.4 Å². The van der Waals surface area contributed by atoms with E-state index in [1.165, 1.54) is 24.1 Å². The molecule has 2 aromatic rings. The molecule has 18 heavy (non-hydrogen) atoms. The molecule has 1 unspecified atom stereocenters. The smallest absolute Gasteiger partial charge is 0.111 e. The number of rotatable bonds is 4. The number of pyridine rings is 1. The number of hydrogen-bond donors (Lipinski definition) is 0. The lowest BCUT2D eigenvalue weighted by Gasteiger charge is -2.13. The van der Waals surface area contributed by atoms with Crippen LogP contribution in [-0.2, 0) is 13.0 Å². The van der Waals surface area contributed by atoms with E-state index in [-0.39, 0.29) is 0 Å². The molecule has 3 nitrogen and oxygen atoms in total. The molecule has 5 heteroatoms. The van der Waals surface area contributed by atoms with Gasteiger partial charge in [0, 0.05) is 30.3 Å². The third kappa shape index (κ3) is 2.36. The summed E-state index contributed by atoms with van der Waals surface area (Å²) in [5.41, 5.74) is 2.18. The van der Waals surface area contributed by atoms with Crippen molar-refractivity contribution in [3.8, 4) is 0 Å². The molecule has 96 valence electrons. The molecule has 1 saturated heterocycles. The Kier molecular flexibility index (Phi) is 3.75. The fourth-order valence-electron chi connectivity index (χ4n) is 2.50. The van der Waals surface area contributed by atoms with Crippen LogP contribution in [0.25, 0.3) is 11.0 Å². The Morgan fingerprint density at radius 3 is 3.22 bits per heavy atom. The Morgan fingerprint density at radius 1 is 1.50 bits per heavy atom. The van der Waals surface area contributed by atoms with Crippen LogP contribution in [0.5, 0.6) is 0 Å². The minimum Gasteiger partial charge on any atom is -0.327 e. The molecule has 0 saturated carbocycles. The van der Waals surface area contributed by atoms with Crippen molar-refractivity contribution in [1.29, 1.82) is 0 Å². The van der Waals surface area contributed by atoms with Crippen molar-refractivity contribution >= 4 is 34.4 Å². The van der Waals surface area contributed by atoms with E-state index in [2.05, 4.69) is 32.4 Å². The van der Waals surface area contributed by atoms with Crippen LogP contribution in [0.3, 0.4) is 0 Å². The molecule has 0 N–H and O–H groups in total. The van der Waals surface area contributed by atoms with Crippen LogP contribution in [0, 0.1) is 0 Å². The van der Waals surface area contributed by atoms with E-state index < -0.39 is 0 Å². The van der Waals surface area contributed by atoms with E-state index in [1.54, 1.807) is 0 Å². The molecule has 1 fully saturated rings. The minimum atomic E-state index is 0.620. The number of halogens is 1. The molecule has 0 aromatic carbocycles. The Hall–Kier alpha value is -0.740. The van der Waals surface area contributed by atoms with Gasteiger partial charge in [-0.25, -0.2) is 4.98 Å². The van der Waals surface area contributed by atoms with E-state index in [0.717, 1.165) is 29.6 Å². The molecule has 0 radical (unpaired) electrons. The van der Waals surface area contributed by atoms with Gasteiger partial charge in [0.2, 0.25) is 0 Å². The Morgan fingerprint density at radius 2 is 2.44 bits per heavy atom. The Labute approximate surface area is 116 Å². The SMILES string of the molecule is ClCCc1nc2cnccc2n1CC1CCCS1. The monoisotopic (exact) mass is 281 g/mol. The second-order valence-corrected chi connectivity index (χ2v) is 6.36. The lowest BCUT2D eigenvalue weighted by atomic mass is 10.2. The predicted octanol–water partition coefficient (Wildman–Crippen LogP) is 3.11. The van der Waals surface area contributed by atoms with Gasteiger partial charge < -0.3 is 4.57 Å². The van der Waals surface area contributed by atoms with Gasteiger partial charge in [-0.15, -0.1) is 11.6 Å². The zero-order valence-electron chi connectivity index (χ0n) is 10.2. The first kappa shape index (κ1) is 12.3. The molecule has 0 bridgehead atoms. The van der Waals surface area contributed by atoms with Gasteiger partial charge in [-0.2, -0.15) is 11.8 Å². The summed E-state index contributed by atoms with van der Waals surface area (Å²) in [6.45, 7) is 1.05. The van der Waals surface area contributed by atoms with Gasteiger partial charge in [0.1, 0.15) is 11.3 Å². The highest BCUT2D eigenvalue weighted by Crippen LogP contribution is 2.29. The standard InChI is InChI=1S/C13H16ClN3S/c14-5-3-13-16-11-8-15-6-4-12(11)17(13)9-10-2-1-7-18-10/h4,6,8,10H,1-3,5,7,9H2. The van der Waals surface area contributed by atoms with Crippen LogP contribution < -0.4 is 0 Å². The second-order valence-electron chi connectivity index (χ2n) is 4.58. The van der Waals surface area contributed by atoms with E-state index in [0.29, 0.717) is 5.88 Å². The van der Waals surface area contributed by atoms with Crippen molar-refractivity contribution in [3.05, 3.63) is 24.3 Å². The summed E-state index contributed by atoms with van der Waals surface area (Å²) in [5, 5.41) is 0.727. The van der Waals surface area contributed by atoms with Gasteiger partial charge in [0.05, 0.1) is 11.7 Å². The third-order valence-electron chi connectivity index (χ3n) is 3.36. The number of aromatic nitrogens is 3. The largest absolute Gasteiger partial charge is 0.327 e. The van der Waals surface area contributed by atoms with Crippen LogP contribution in [0.2, 0.25) is 0 Å². The van der Waals surface area contributed by atoms with Gasteiger partial charge >= 0.3 is 0 Å². The molecule has 0 spiro atoms. The molecule has 1 aliphatic heterocycles. The maximum absolute atomic E-state index is 5.88. The zero-order valence-corrected chi connectivity index (χ0v) is 11.8. The molecular formula is C13H16ClN3S. The number of aryl methyl sites for hydroxylation is 1. The zero-order chi connectivity index (χ0) is 12.4. The Balaban J connectivity index is 1.97. The highest BCUT2D eigenvalue weighted by molar-refractivity contribution is 8.00. The number of fused-ring (bicyclic) bond motifs is 1. The fraction of sp³-hybridized carbons (Fsp3) is 0.538. The first-order chi connectivity index (χ1) is 8.88. The lowest BCUT2D eigenvalue weighted by molar-refractivity contribution is 0.627. The van der Waals surface area contributed by atoms with Crippen LogP contribution in [0.4, 0.5) is 0 Å². The maximum atomic E-state index is 5.88.